The first-order valence-electron chi connectivity index (χ1n) is 3.68. The summed E-state index contributed by atoms with van der Waals surface area (Å²) in [6, 6.07) is 0.705. The summed E-state index contributed by atoms with van der Waals surface area (Å²) < 4.78 is 0. The van der Waals surface area contributed by atoms with Crippen molar-refractivity contribution in [1.29, 1.82) is 0 Å². The van der Waals surface area contributed by atoms with Crippen LogP contribution in [0, 0.1) is 0 Å². The van der Waals surface area contributed by atoms with Gasteiger partial charge in [-0.05, 0) is 27.3 Å². The summed E-state index contributed by atoms with van der Waals surface area (Å²) in [6.45, 7) is 5.75. The molecule has 2 nitrogen and oxygen atoms in total. The standard InChI is InChI=1S/C7H16N2/c1-6(2)9-5-4-7(9)8-3/h6-8H,4-5H2,1-3H3. The molecule has 0 aliphatic carbocycles. The molecule has 1 fully saturated rings. The highest BCUT2D eigenvalue weighted by Gasteiger charge is 2.27. The van der Waals surface area contributed by atoms with E-state index >= 15 is 0 Å². The summed E-state index contributed by atoms with van der Waals surface area (Å²) in [4.78, 5) is 2.46. The quantitative estimate of drug-likeness (QED) is 0.587. The largest absolute Gasteiger partial charge is 0.305 e. The molecule has 1 aliphatic rings. The van der Waals surface area contributed by atoms with Crippen molar-refractivity contribution >= 4 is 0 Å². The number of nitrogens with one attached hydrogen (secondary N) is 1. The number of hydrogen-bond donors (Lipinski definition) is 1. The molecule has 1 heterocycles. The van der Waals surface area contributed by atoms with Gasteiger partial charge >= 0.3 is 0 Å². The summed E-state index contributed by atoms with van der Waals surface area (Å²) in [7, 11) is 2.03. The van der Waals surface area contributed by atoms with Gasteiger partial charge in [-0.3, -0.25) is 4.90 Å². The average molecular weight is 128 g/mol. The summed E-state index contributed by atoms with van der Waals surface area (Å²) in [5, 5.41) is 3.26. The third kappa shape index (κ3) is 1.25. The topological polar surface area (TPSA) is 15.3 Å². The molecular weight excluding hydrogens is 112 g/mol. The third-order valence-corrected chi connectivity index (χ3v) is 2.06. The van der Waals surface area contributed by atoms with Crippen molar-refractivity contribution in [3.05, 3.63) is 0 Å². The van der Waals surface area contributed by atoms with E-state index in [1.807, 2.05) is 7.05 Å². The molecule has 0 radical (unpaired) electrons. The van der Waals surface area contributed by atoms with E-state index in [0.717, 1.165) is 0 Å². The van der Waals surface area contributed by atoms with Crippen LogP contribution in [0.3, 0.4) is 0 Å². The van der Waals surface area contributed by atoms with Crippen molar-refractivity contribution in [1.82, 2.24) is 10.2 Å². The van der Waals surface area contributed by atoms with Gasteiger partial charge in [0.25, 0.3) is 0 Å². The van der Waals surface area contributed by atoms with Gasteiger partial charge in [0.2, 0.25) is 0 Å². The first-order chi connectivity index (χ1) is 4.25. The van der Waals surface area contributed by atoms with Crippen LogP contribution in [0.15, 0.2) is 0 Å². The van der Waals surface area contributed by atoms with Crippen LogP contribution in [0.25, 0.3) is 0 Å². The van der Waals surface area contributed by atoms with E-state index in [2.05, 4.69) is 24.1 Å². The van der Waals surface area contributed by atoms with Crippen LogP contribution in [0.5, 0.6) is 0 Å². The molecule has 1 atom stereocenters. The summed E-state index contributed by atoms with van der Waals surface area (Å²) >= 11 is 0. The Morgan fingerprint density at radius 1 is 1.56 bits per heavy atom. The Morgan fingerprint density at radius 2 is 2.22 bits per heavy atom. The first-order valence-corrected chi connectivity index (χ1v) is 3.68. The molecule has 1 saturated heterocycles. The highest BCUT2D eigenvalue weighted by atomic mass is 15.3. The van der Waals surface area contributed by atoms with Crippen LogP contribution in [0.2, 0.25) is 0 Å². The van der Waals surface area contributed by atoms with Crippen molar-refractivity contribution in [3.8, 4) is 0 Å². The van der Waals surface area contributed by atoms with Gasteiger partial charge in [0.1, 0.15) is 0 Å². The molecule has 0 bridgehead atoms. The minimum absolute atomic E-state index is 0.657. The van der Waals surface area contributed by atoms with Crippen LogP contribution < -0.4 is 5.32 Å². The zero-order valence-electron chi connectivity index (χ0n) is 6.52. The smallest absolute Gasteiger partial charge is 0.0609 e. The lowest BCUT2D eigenvalue weighted by Crippen LogP contribution is -2.57. The minimum Gasteiger partial charge on any atom is -0.305 e. The van der Waals surface area contributed by atoms with Gasteiger partial charge in [-0.15, -0.1) is 0 Å². The molecule has 1 N–H and O–H groups in total. The molecule has 2 heteroatoms. The van der Waals surface area contributed by atoms with Gasteiger partial charge < -0.3 is 5.32 Å². The number of rotatable bonds is 2. The second-order valence-electron chi connectivity index (χ2n) is 2.92. The van der Waals surface area contributed by atoms with E-state index in [4.69, 9.17) is 0 Å². The molecule has 0 aromatic rings. The Hall–Kier alpha value is -0.0800. The second kappa shape index (κ2) is 2.67. The fourth-order valence-corrected chi connectivity index (χ4v) is 1.34. The second-order valence-corrected chi connectivity index (χ2v) is 2.92. The highest BCUT2D eigenvalue weighted by Crippen LogP contribution is 2.16. The number of likely N-dealkylation sites (tertiary alicyclic amines) is 1. The van der Waals surface area contributed by atoms with Crippen LogP contribution in [-0.2, 0) is 0 Å². The Bertz CT molecular complexity index is 88.9. The molecule has 0 aromatic carbocycles. The Kier molecular flexibility index (Phi) is 2.09. The SMILES string of the molecule is CNC1CCN1C(C)C. The highest BCUT2D eigenvalue weighted by molar-refractivity contribution is 4.81. The van der Waals surface area contributed by atoms with Crippen molar-refractivity contribution in [3.63, 3.8) is 0 Å². The van der Waals surface area contributed by atoms with Gasteiger partial charge in [-0.2, -0.15) is 0 Å². The van der Waals surface area contributed by atoms with E-state index in [-0.39, 0.29) is 0 Å². The number of nitrogens with zero attached hydrogens (tertiary/aromatic N) is 1. The molecule has 0 spiro atoms. The zero-order chi connectivity index (χ0) is 6.85. The molecule has 1 aliphatic heterocycles. The molecule has 54 valence electrons. The van der Waals surface area contributed by atoms with Crippen molar-refractivity contribution in [2.75, 3.05) is 13.6 Å². The molecule has 9 heavy (non-hydrogen) atoms. The Labute approximate surface area is 57.2 Å². The predicted molar refractivity (Wildman–Crippen MR) is 39.3 cm³/mol. The van der Waals surface area contributed by atoms with Crippen LogP contribution in [0.4, 0.5) is 0 Å². The zero-order valence-corrected chi connectivity index (χ0v) is 6.52. The fourth-order valence-electron chi connectivity index (χ4n) is 1.34. The first kappa shape index (κ1) is 7.03. The minimum atomic E-state index is 0.657. The monoisotopic (exact) mass is 128 g/mol. The number of hydrogen-bond acceptors (Lipinski definition) is 2. The van der Waals surface area contributed by atoms with E-state index in [1.165, 1.54) is 13.0 Å². The molecule has 0 amide bonds. The molecular formula is C7H16N2. The maximum Gasteiger partial charge on any atom is 0.0609 e. The van der Waals surface area contributed by atoms with E-state index in [0.29, 0.717) is 12.2 Å². The molecule has 1 unspecified atom stereocenters. The van der Waals surface area contributed by atoms with Crippen LogP contribution in [0.1, 0.15) is 20.3 Å². The van der Waals surface area contributed by atoms with Gasteiger partial charge in [-0.25, -0.2) is 0 Å². The van der Waals surface area contributed by atoms with Gasteiger partial charge in [-0.1, -0.05) is 0 Å². The summed E-state index contributed by atoms with van der Waals surface area (Å²) in [6.07, 6.45) is 1.97. The average Bonchev–Trinajstić information content (AvgIpc) is 1.61. The van der Waals surface area contributed by atoms with Gasteiger partial charge in [0.05, 0.1) is 6.17 Å². The summed E-state index contributed by atoms with van der Waals surface area (Å²) in [5.74, 6) is 0. The normalized spacial score (nSPS) is 28.7. The predicted octanol–water partition coefficient (Wildman–Crippen LogP) is 0.646. The van der Waals surface area contributed by atoms with Gasteiger partial charge in [0.15, 0.2) is 0 Å². The molecule has 0 saturated carbocycles. The lowest BCUT2D eigenvalue weighted by molar-refractivity contribution is 0.0389. The fraction of sp³-hybridized carbons (Fsp3) is 1.00. The van der Waals surface area contributed by atoms with E-state index < -0.39 is 0 Å². The maximum absolute atomic E-state index is 3.26. The van der Waals surface area contributed by atoms with Crippen molar-refractivity contribution in [2.24, 2.45) is 0 Å². The van der Waals surface area contributed by atoms with Crippen molar-refractivity contribution in [2.45, 2.75) is 32.5 Å². The van der Waals surface area contributed by atoms with Gasteiger partial charge in [0, 0.05) is 12.6 Å². The Morgan fingerprint density at radius 3 is 2.33 bits per heavy atom. The molecule has 0 aromatic heterocycles. The van der Waals surface area contributed by atoms with Crippen molar-refractivity contribution < 1.29 is 0 Å². The third-order valence-electron chi connectivity index (χ3n) is 2.06. The maximum atomic E-state index is 3.26. The lowest BCUT2D eigenvalue weighted by atomic mass is 10.1. The van der Waals surface area contributed by atoms with E-state index in [1.54, 1.807) is 0 Å². The van der Waals surface area contributed by atoms with E-state index in [9.17, 15) is 0 Å². The Balaban J connectivity index is 2.27. The van der Waals surface area contributed by atoms with Crippen LogP contribution >= 0.6 is 0 Å². The lowest BCUT2D eigenvalue weighted by Gasteiger charge is -2.43. The summed E-state index contributed by atoms with van der Waals surface area (Å²) in [5.41, 5.74) is 0. The van der Waals surface area contributed by atoms with Crippen LogP contribution in [-0.4, -0.2) is 30.7 Å². The molecule has 1 rings (SSSR count).